The first-order valence-corrected chi connectivity index (χ1v) is 8.68. The molecule has 1 saturated carbocycles. The van der Waals surface area contributed by atoms with Gasteiger partial charge in [0.2, 0.25) is 0 Å². The predicted molar refractivity (Wildman–Crippen MR) is 96.3 cm³/mol. The third-order valence-corrected chi connectivity index (χ3v) is 4.87. The van der Waals surface area contributed by atoms with Crippen LogP contribution in [-0.4, -0.2) is 28.3 Å². The Hall–Kier alpha value is -1.33. The summed E-state index contributed by atoms with van der Waals surface area (Å²) in [6.45, 7) is 9.68. The van der Waals surface area contributed by atoms with Crippen LogP contribution < -0.4 is 16.4 Å². The van der Waals surface area contributed by atoms with Gasteiger partial charge in [0.05, 0.1) is 6.10 Å². The number of nitrogens with zero attached hydrogens (tertiary/aromatic N) is 1. The minimum absolute atomic E-state index is 0.138. The first-order valence-electron chi connectivity index (χ1n) is 8.68. The Kier molecular flexibility index (Phi) is 5.87. The largest absolute Gasteiger partial charge is 0.393 e. The molecule has 5 heteroatoms. The molecule has 0 unspecified atom stereocenters. The van der Waals surface area contributed by atoms with Crippen LogP contribution in [0.4, 0.5) is 11.6 Å². The Balaban J connectivity index is 1.96. The molecule has 130 valence electrons. The fraction of sp³-hybridized carbons (Fsp3) is 0.722. The Bertz CT molecular complexity index is 504. The molecule has 1 aliphatic carbocycles. The molecule has 1 heterocycles. The summed E-state index contributed by atoms with van der Waals surface area (Å²) in [5, 5.41) is 16.6. The zero-order valence-electron chi connectivity index (χ0n) is 14.9. The highest BCUT2D eigenvalue weighted by atomic mass is 16.3. The van der Waals surface area contributed by atoms with Gasteiger partial charge in [-0.3, -0.25) is 0 Å². The molecule has 5 N–H and O–H groups in total. The van der Waals surface area contributed by atoms with E-state index < -0.39 is 0 Å². The van der Waals surface area contributed by atoms with Gasteiger partial charge in [0.1, 0.15) is 11.6 Å². The average molecular weight is 320 g/mol. The van der Waals surface area contributed by atoms with Gasteiger partial charge in [0.15, 0.2) is 0 Å². The molecule has 1 atom stereocenters. The maximum Gasteiger partial charge on any atom is 0.128 e. The summed E-state index contributed by atoms with van der Waals surface area (Å²) in [6.07, 6.45) is 3.54. The van der Waals surface area contributed by atoms with Gasteiger partial charge in [-0.2, -0.15) is 0 Å². The molecule has 0 aromatic carbocycles. The highest BCUT2D eigenvalue weighted by Gasteiger charge is 2.21. The number of hydrogen-bond donors (Lipinski definition) is 4. The number of aromatic nitrogens is 1. The zero-order chi connectivity index (χ0) is 17.0. The SMILES string of the molecule is C[C@H](NCc1cc(N)nc(NC2CCC(O)CC2)c1)C(C)(C)C. The fourth-order valence-corrected chi connectivity index (χ4v) is 2.79. The van der Waals surface area contributed by atoms with Crippen molar-refractivity contribution in [3.63, 3.8) is 0 Å². The molecular weight excluding hydrogens is 288 g/mol. The molecule has 1 aliphatic rings. The van der Waals surface area contributed by atoms with Gasteiger partial charge < -0.3 is 21.5 Å². The van der Waals surface area contributed by atoms with E-state index in [0.29, 0.717) is 17.9 Å². The van der Waals surface area contributed by atoms with Crippen LogP contribution in [0.25, 0.3) is 0 Å². The van der Waals surface area contributed by atoms with Gasteiger partial charge >= 0.3 is 0 Å². The standard InChI is InChI=1S/C18H32N4O/c1-12(18(2,3)4)20-11-13-9-16(19)22-17(10-13)21-14-5-7-15(23)8-6-14/h9-10,12,14-15,20,23H,5-8,11H2,1-4H3,(H3,19,21,22)/t12-,14?,15?/m0/s1. The van der Waals surface area contributed by atoms with E-state index in [9.17, 15) is 5.11 Å². The van der Waals surface area contributed by atoms with Crippen molar-refractivity contribution in [3.05, 3.63) is 17.7 Å². The van der Waals surface area contributed by atoms with E-state index in [0.717, 1.165) is 43.6 Å². The normalized spacial score (nSPS) is 23.5. The van der Waals surface area contributed by atoms with Crippen LogP contribution in [0.1, 0.15) is 58.9 Å². The molecule has 0 bridgehead atoms. The Morgan fingerprint density at radius 1 is 1.26 bits per heavy atom. The van der Waals surface area contributed by atoms with Gasteiger partial charge in [-0.1, -0.05) is 20.8 Å². The maximum atomic E-state index is 9.60. The van der Waals surface area contributed by atoms with Crippen molar-refractivity contribution in [2.45, 2.75) is 78.1 Å². The van der Waals surface area contributed by atoms with Crippen molar-refractivity contribution in [1.29, 1.82) is 0 Å². The molecule has 1 aromatic heterocycles. The van der Waals surface area contributed by atoms with E-state index in [1.165, 1.54) is 0 Å². The molecule has 23 heavy (non-hydrogen) atoms. The second-order valence-electron chi connectivity index (χ2n) is 7.90. The average Bonchev–Trinajstić information content (AvgIpc) is 2.45. The number of nitrogens with two attached hydrogens (primary N) is 1. The second-order valence-corrected chi connectivity index (χ2v) is 7.90. The lowest BCUT2D eigenvalue weighted by Gasteiger charge is -2.28. The van der Waals surface area contributed by atoms with Crippen LogP contribution in [-0.2, 0) is 6.54 Å². The summed E-state index contributed by atoms with van der Waals surface area (Å²) in [5.74, 6) is 1.39. The number of rotatable bonds is 5. The van der Waals surface area contributed by atoms with Crippen molar-refractivity contribution >= 4 is 11.6 Å². The highest BCUT2D eigenvalue weighted by Crippen LogP contribution is 2.23. The van der Waals surface area contributed by atoms with Crippen molar-refractivity contribution in [2.75, 3.05) is 11.1 Å². The number of pyridine rings is 1. The Morgan fingerprint density at radius 3 is 2.52 bits per heavy atom. The van der Waals surface area contributed by atoms with Crippen molar-refractivity contribution in [2.24, 2.45) is 5.41 Å². The number of hydrogen-bond acceptors (Lipinski definition) is 5. The summed E-state index contributed by atoms with van der Waals surface area (Å²) in [7, 11) is 0. The van der Waals surface area contributed by atoms with E-state index in [4.69, 9.17) is 5.73 Å². The van der Waals surface area contributed by atoms with Crippen LogP contribution in [0.3, 0.4) is 0 Å². The molecular formula is C18H32N4O. The molecule has 0 amide bonds. The van der Waals surface area contributed by atoms with Gasteiger partial charge in [-0.15, -0.1) is 0 Å². The monoisotopic (exact) mass is 320 g/mol. The Morgan fingerprint density at radius 2 is 1.91 bits per heavy atom. The van der Waals surface area contributed by atoms with Crippen molar-refractivity contribution in [3.8, 4) is 0 Å². The topological polar surface area (TPSA) is 83.2 Å². The van der Waals surface area contributed by atoms with Crippen LogP contribution in [0.5, 0.6) is 0 Å². The smallest absolute Gasteiger partial charge is 0.128 e. The molecule has 5 nitrogen and oxygen atoms in total. The van der Waals surface area contributed by atoms with Crippen LogP contribution in [0.15, 0.2) is 12.1 Å². The van der Waals surface area contributed by atoms with Crippen LogP contribution in [0, 0.1) is 5.41 Å². The summed E-state index contributed by atoms with van der Waals surface area (Å²) in [6, 6.07) is 4.79. The third-order valence-electron chi connectivity index (χ3n) is 4.87. The van der Waals surface area contributed by atoms with E-state index >= 15 is 0 Å². The lowest BCUT2D eigenvalue weighted by atomic mass is 9.88. The number of aliphatic hydroxyl groups excluding tert-OH is 1. The number of anilines is 2. The predicted octanol–water partition coefficient (Wildman–Crippen LogP) is 2.90. The number of aliphatic hydroxyl groups is 1. The van der Waals surface area contributed by atoms with E-state index in [2.05, 4.69) is 49.4 Å². The summed E-state index contributed by atoms with van der Waals surface area (Å²) in [4.78, 5) is 4.40. The summed E-state index contributed by atoms with van der Waals surface area (Å²) < 4.78 is 0. The summed E-state index contributed by atoms with van der Waals surface area (Å²) >= 11 is 0. The van der Waals surface area contributed by atoms with Gasteiger partial charge in [-0.05, 0) is 55.7 Å². The first-order chi connectivity index (χ1) is 10.7. The van der Waals surface area contributed by atoms with E-state index in [-0.39, 0.29) is 11.5 Å². The quantitative estimate of drug-likeness (QED) is 0.670. The van der Waals surface area contributed by atoms with Crippen LogP contribution >= 0.6 is 0 Å². The minimum Gasteiger partial charge on any atom is -0.393 e. The fourth-order valence-electron chi connectivity index (χ4n) is 2.79. The molecule has 1 fully saturated rings. The molecule has 0 spiro atoms. The third kappa shape index (κ3) is 5.66. The molecule has 0 radical (unpaired) electrons. The van der Waals surface area contributed by atoms with Crippen molar-refractivity contribution in [1.82, 2.24) is 10.3 Å². The minimum atomic E-state index is -0.138. The number of nitrogen functional groups attached to an aromatic ring is 1. The molecule has 0 aliphatic heterocycles. The number of nitrogens with one attached hydrogen (secondary N) is 2. The summed E-state index contributed by atoms with van der Waals surface area (Å²) in [5.41, 5.74) is 7.33. The first kappa shape index (κ1) is 18.0. The van der Waals surface area contributed by atoms with E-state index in [1.54, 1.807) is 0 Å². The second kappa shape index (κ2) is 7.49. The lowest BCUT2D eigenvalue weighted by Crippen LogP contribution is -2.37. The van der Waals surface area contributed by atoms with Gasteiger partial charge in [0.25, 0.3) is 0 Å². The van der Waals surface area contributed by atoms with Gasteiger partial charge in [0, 0.05) is 18.6 Å². The molecule has 2 rings (SSSR count). The molecule has 0 saturated heterocycles. The highest BCUT2D eigenvalue weighted by molar-refractivity contribution is 5.47. The zero-order valence-corrected chi connectivity index (χ0v) is 14.9. The van der Waals surface area contributed by atoms with Crippen LogP contribution in [0.2, 0.25) is 0 Å². The van der Waals surface area contributed by atoms with E-state index in [1.807, 2.05) is 6.07 Å². The maximum absolute atomic E-state index is 9.60. The molecule has 1 aromatic rings. The lowest BCUT2D eigenvalue weighted by molar-refractivity contribution is 0.126. The Labute approximate surface area is 140 Å². The van der Waals surface area contributed by atoms with Crippen molar-refractivity contribution < 1.29 is 5.11 Å². The van der Waals surface area contributed by atoms with Gasteiger partial charge in [-0.25, -0.2) is 4.98 Å².